The first-order chi connectivity index (χ1) is 16.6. The highest BCUT2D eigenvalue weighted by atomic mass is 35.5. The lowest BCUT2D eigenvalue weighted by atomic mass is 10.2. The van der Waals surface area contributed by atoms with Crippen LogP contribution in [0.5, 0.6) is 11.5 Å². The monoisotopic (exact) mass is 505 g/mol. The molecule has 2 N–H and O–H groups in total. The summed E-state index contributed by atoms with van der Waals surface area (Å²) in [7, 11) is 1.48. The van der Waals surface area contributed by atoms with Gasteiger partial charge in [-0.3, -0.25) is 0 Å². The number of hydrogen-bond donors (Lipinski definition) is 2. The second-order valence-electron chi connectivity index (χ2n) is 7.57. The van der Waals surface area contributed by atoms with Gasteiger partial charge in [-0.1, -0.05) is 17.7 Å². The minimum Gasteiger partial charge on any atom is -0.465 e. The summed E-state index contributed by atoms with van der Waals surface area (Å²) in [5.74, 6) is 0.661. The van der Waals surface area contributed by atoms with Gasteiger partial charge >= 0.3 is 12.3 Å². The van der Waals surface area contributed by atoms with Crippen LogP contribution in [0.15, 0.2) is 61.1 Å². The fourth-order valence-electron chi connectivity index (χ4n) is 3.32. The molecule has 4 aromatic rings. The van der Waals surface area contributed by atoms with Crippen molar-refractivity contribution in [1.82, 2.24) is 19.4 Å². The Morgan fingerprint density at radius 2 is 2.00 bits per heavy atom. The van der Waals surface area contributed by atoms with Gasteiger partial charge in [0.2, 0.25) is 0 Å². The smallest absolute Gasteiger partial charge is 0.416 e. The summed E-state index contributed by atoms with van der Waals surface area (Å²) in [4.78, 5) is 20.8. The number of halogens is 4. The van der Waals surface area contributed by atoms with Crippen molar-refractivity contribution in [2.24, 2.45) is 0 Å². The molecule has 0 radical (unpaired) electrons. The number of amides is 1. The van der Waals surface area contributed by atoms with E-state index in [0.29, 0.717) is 29.1 Å². The second-order valence-corrected chi connectivity index (χ2v) is 7.97. The molecule has 0 aliphatic heterocycles. The van der Waals surface area contributed by atoms with E-state index in [-0.39, 0.29) is 23.1 Å². The van der Waals surface area contributed by atoms with Gasteiger partial charge in [-0.15, -0.1) is 0 Å². The van der Waals surface area contributed by atoms with Gasteiger partial charge in [-0.2, -0.15) is 13.2 Å². The average molecular weight is 506 g/mol. The number of fused-ring (bicyclic) bond motifs is 1. The Bertz CT molecular complexity index is 1380. The Labute approximate surface area is 202 Å². The Morgan fingerprint density at radius 3 is 2.71 bits per heavy atom. The van der Waals surface area contributed by atoms with Crippen LogP contribution in [0.2, 0.25) is 5.02 Å². The van der Waals surface area contributed by atoms with Crippen LogP contribution in [-0.4, -0.2) is 44.2 Å². The normalized spacial score (nSPS) is 11.5. The summed E-state index contributed by atoms with van der Waals surface area (Å²) >= 11 is 6.33. The maximum Gasteiger partial charge on any atom is 0.416 e. The van der Waals surface area contributed by atoms with E-state index < -0.39 is 17.8 Å². The SMILES string of the molecule is CN(CCn1ccc2ncnc(Nc3ccc(Oc4cccc(C(F)(F)F)c4)c(Cl)c3)c21)C(=O)O. The molecule has 0 aliphatic rings. The molecule has 0 saturated carbocycles. The van der Waals surface area contributed by atoms with E-state index in [1.807, 2.05) is 4.57 Å². The van der Waals surface area contributed by atoms with Crippen LogP contribution in [0.3, 0.4) is 0 Å². The molecular formula is C23H19ClF3N5O3. The van der Waals surface area contributed by atoms with Crippen LogP contribution < -0.4 is 10.1 Å². The molecule has 0 aliphatic carbocycles. The molecule has 2 aromatic heterocycles. The van der Waals surface area contributed by atoms with Crippen molar-refractivity contribution in [3.63, 3.8) is 0 Å². The van der Waals surface area contributed by atoms with Gasteiger partial charge in [0.1, 0.15) is 23.3 Å². The first kappa shape index (κ1) is 24.1. The highest BCUT2D eigenvalue weighted by Gasteiger charge is 2.30. The molecule has 0 fully saturated rings. The summed E-state index contributed by atoms with van der Waals surface area (Å²) in [6, 6.07) is 11.1. The van der Waals surface area contributed by atoms with Gasteiger partial charge in [0, 0.05) is 32.0 Å². The van der Waals surface area contributed by atoms with Gasteiger partial charge in [0.25, 0.3) is 0 Å². The van der Waals surface area contributed by atoms with E-state index in [0.717, 1.165) is 12.1 Å². The number of hydrogen-bond acceptors (Lipinski definition) is 5. The highest BCUT2D eigenvalue weighted by Crippen LogP contribution is 2.36. The quantitative estimate of drug-likeness (QED) is 0.308. The van der Waals surface area contributed by atoms with Crippen molar-refractivity contribution in [2.75, 3.05) is 18.9 Å². The molecule has 35 heavy (non-hydrogen) atoms. The van der Waals surface area contributed by atoms with Gasteiger partial charge in [0.15, 0.2) is 5.82 Å². The number of aromatic nitrogens is 3. The maximum atomic E-state index is 13.0. The van der Waals surface area contributed by atoms with Crippen LogP contribution in [-0.2, 0) is 12.7 Å². The Kier molecular flexibility index (Phi) is 6.70. The lowest BCUT2D eigenvalue weighted by Gasteiger charge is -2.15. The third-order valence-corrected chi connectivity index (χ3v) is 5.43. The van der Waals surface area contributed by atoms with Gasteiger partial charge < -0.3 is 24.6 Å². The van der Waals surface area contributed by atoms with Crippen molar-refractivity contribution in [3.05, 3.63) is 71.6 Å². The van der Waals surface area contributed by atoms with Crippen molar-refractivity contribution in [1.29, 1.82) is 0 Å². The molecule has 0 unspecified atom stereocenters. The lowest BCUT2D eigenvalue weighted by molar-refractivity contribution is -0.137. The number of anilines is 2. The zero-order valence-corrected chi connectivity index (χ0v) is 19.0. The van der Waals surface area contributed by atoms with Crippen LogP contribution in [0.1, 0.15) is 5.56 Å². The first-order valence-corrected chi connectivity index (χ1v) is 10.6. The topological polar surface area (TPSA) is 92.5 Å². The van der Waals surface area contributed by atoms with E-state index in [1.54, 1.807) is 24.4 Å². The molecule has 182 valence electrons. The number of likely N-dealkylation sites (N-methyl/N-ethyl adjacent to an activating group) is 1. The minimum absolute atomic E-state index is 0.00380. The Hall–Kier alpha value is -3.99. The first-order valence-electron chi connectivity index (χ1n) is 10.3. The van der Waals surface area contributed by atoms with Gasteiger partial charge in [-0.25, -0.2) is 14.8 Å². The van der Waals surface area contributed by atoms with Crippen LogP contribution in [0.4, 0.5) is 29.5 Å². The largest absolute Gasteiger partial charge is 0.465 e. The molecule has 0 spiro atoms. The van der Waals surface area contributed by atoms with E-state index in [4.69, 9.17) is 21.4 Å². The summed E-state index contributed by atoms with van der Waals surface area (Å²) in [5, 5.41) is 12.4. The number of alkyl halides is 3. The zero-order chi connectivity index (χ0) is 25.2. The number of nitrogens with zero attached hydrogens (tertiary/aromatic N) is 4. The van der Waals surface area contributed by atoms with Crippen LogP contribution in [0.25, 0.3) is 11.0 Å². The molecule has 1 amide bonds. The molecule has 2 aromatic carbocycles. The zero-order valence-electron chi connectivity index (χ0n) is 18.3. The molecule has 0 bridgehead atoms. The fourth-order valence-corrected chi connectivity index (χ4v) is 3.54. The number of nitrogens with one attached hydrogen (secondary N) is 1. The van der Waals surface area contributed by atoms with Crippen LogP contribution in [0, 0.1) is 0 Å². The molecule has 0 saturated heterocycles. The molecule has 8 nitrogen and oxygen atoms in total. The van der Waals surface area contributed by atoms with Crippen molar-refractivity contribution < 1.29 is 27.8 Å². The van der Waals surface area contributed by atoms with Gasteiger partial charge in [-0.05, 0) is 42.5 Å². The number of carbonyl (C=O) groups is 1. The summed E-state index contributed by atoms with van der Waals surface area (Å²) in [6.07, 6.45) is -2.33. The van der Waals surface area contributed by atoms with Gasteiger partial charge in [0.05, 0.1) is 16.1 Å². The summed E-state index contributed by atoms with van der Waals surface area (Å²) in [6.45, 7) is 0.653. The number of carboxylic acid groups (broad SMARTS) is 1. The van der Waals surface area contributed by atoms with E-state index in [9.17, 15) is 18.0 Å². The minimum atomic E-state index is -4.49. The Morgan fingerprint density at radius 1 is 1.20 bits per heavy atom. The summed E-state index contributed by atoms with van der Waals surface area (Å²) < 4.78 is 46.3. The summed E-state index contributed by atoms with van der Waals surface area (Å²) in [5.41, 5.74) is 1.07. The Balaban J connectivity index is 1.54. The highest BCUT2D eigenvalue weighted by molar-refractivity contribution is 6.32. The van der Waals surface area contributed by atoms with E-state index >= 15 is 0 Å². The fraction of sp³-hybridized carbons (Fsp3) is 0.174. The number of ether oxygens (including phenoxy) is 1. The predicted molar refractivity (Wildman–Crippen MR) is 124 cm³/mol. The third-order valence-electron chi connectivity index (χ3n) is 5.14. The van der Waals surface area contributed by atoms with Crippen LogP contribution >= 0.6 is 11.6 Å². The molecule has 12 heteroatoms. The second kappa shape index (κ2) is 9.71. The predicted octanol–water partition coefficient (Wildman–Crippen LogP) is 6.25. The average Bonchev–Trinajstić information content (AvgIpc) is 3.23. The molecular weight excluding hydrogens is 487 g/mol. The maximum absolute atomic E-state index is 13.0. The van der Waals surface area contributed by atoms with E-state index in [2.05, 4.69) is 15.3 Å². The third kappa shape index (κ3) is 5.57. The van der Waals surface area contributed by atoms with Crippen molar-refractivity contribution in [3.8, 4) is 11.5 Å². The lowest BCUT2D eigenvalue weighted by Crippen LogP contribution is -2.28. The number of rotatable bonds is 7. The van der Waals surface area contributed by atoms with E-state index in [1.165, 1.54) is 36.5 Å². The number of benzene rings is 2. The van der Waals surface area contributed by atoms with Crippen molar-refractivity contribution in [2.45, 2.75) is 12.7 Å². The molecule has 4 rings (SSSR count). The molecule has 2 heterocycles. The van der Waals surface area contributed by atoms with Crippen molar-refractivity contribution >= 4 is 40.2 Å². The standard InChI is InChI=1S/C23H19ClF3N5O3/c1-31(22(33)34)9-10-32-8-7-18-20(32)21(29-13-28-18)30-15-5-6-19(17(24)12-15)35-16-4-2-3-14(11-16)23(25,26)27/h2-8,11-13H,9-10H2,1H3,(H,33,34)(H,28,29,30). The molecule has 0 atom stereocenters.